The Bertz CT molecular complexity index is 1220. The molecule has 8 nitrogen and oxygen atoms in total. The highest BCUT2D eigenvalue weighted by Crippen LogP contribution is 2.30. The number of benzene rings is 2. The number of rotatable bonds is 9. The van der Waals surface area contributed by atoms with Gasteiger partial charge in [0.15, 0.2) is 11.0 Å². The highest BCUT2D eigenvalue weighted by Gasteiger charge is 2.17. The Hall–Kier alpha value is -3.85. The standard InChI is InChI=1S/C24H23N5O3S/c1-31-19-10-11-20(21(13-19)32-2)26-22(30)16-33-24-28-27-23(18-9-6-12-25-14-18)29(24)15-17-7-4-3-5-8-17/h3-14H,15-16H2,1-2H3,(H,26,30). The van der Waals surface area contributed by atoms with Crippen LogP contribution in [0.15, 0.2) is 78.2 Å². The lowest BCUT2D eigenvalue weighted by atomic mass is 10.2. The molecule has 0 aliphatic carbocycles. The first-order chi connectivity index (χ1) is 16.2. The van der Waals surface area contributed by atoms with Crippen LogP contribution in [0.3, 0.4) is 0 Å². The van der Waals surface area contributed by atoms with E-state index in [1.165, 1.54) is 11.8 Å². The van der Waals surface area contributed by atoms with Gasteiger partial charge in [-0.25, -0.2) is 0 Å². The molecule has 2 aromatic carbocycles. The van der Waals surface area contributed by atoms with Crippen LogP contribution in [0.1, 0.15) is 5.56 Å². The smallest absolute Gasteiger partial charge is 0.234 e. The molecule has 168 valence electrons. The predicted molar refractivity (Wildman–Crippen MR) is 128 cm³/mol. The molecule has 0 aliphatic rings. The quantitative estimate of drug-likeness (QED) is 0.375. The Labute approximate surface area is 196 Å². The minimum absolute atomic E-state index is 0.162. The molecule has 2 aromatic heterocycles. The van der Waals surface area contributed by atoms with Crippen LogP contribution in [0.4, 0.5) is 5.69 Å². The molecule has 1 amide bonds. The van der Waals surface area contributed by atoms with Gasteiger partial charge < -0.3 is 14.8 Å². The average molecular weight is 462 g/mol. The number of carbonyl (C=O) groups is 1. The molecule has 33 heavy (non-hydrogen) atoms. The summed E-state index contributed by atoms with van der Waals surface area (Å²) in [5.41, 5.74) is 2.54. The van der Waals surface area contributed by atoms with E-state index in [0.29, 0.717) is 34.7 Å². The Balaban J connectivity index is 1.52. The van der Waals surface area contributed by atoms with E-state index in [0.717, 1.165) is 11.1 Å². The minimum atomic E-state index is -0.180. The Kier molecular flexibility index (Phi) is 7.21. The summed E-state index contributed by atoms with van der Waals surface area (Å²) in [6, 6.07) is 19.1. The number of amides is 1. The summed E-state index contributed by atoms with van der Waals surface area (Å²) in [7, 11) is 3.13. The van der Waals surface area contributed by atoms with Crippen molar-refractivity contribution in [2.45, 2.75) is 11.7 Å². The molecule has 0 bridgehead atoms. The summed E-state index contributed by atoms with van der Waals surface area (Å²) >= 11 is 1.32. The number of nitrogens with one attached hydrogen (secondary N) is 1. The topological polar surface area (TPSA) is 91.2 Å². The van der Waals surface area contributed by atoms with Crippen molar-refractivity contribution in [1.29, 1.82) is 0 Å². The number of aromatic nitrogens is 4. The van der Waals surface area contributed by atoms with Gasteiger partial charge in [-0.2, -0.15) is 0 Å². The molecule has 0 saturated carbocycles. The van der Waals surface area contributed by atoms with Crippen LogP contribution in [0.5, 0.6) is 11.5 Å². The zero-order valence-corrected chi connectivity index (χ0v) is 19.1. The van der Waals surface area contributed by atoms with Gasteiger partial charge in [-0.15, -0.1) is 10.2 Å². The number of carbonyl (C=O) groups excluding carboxylic acids is 1. The maximum atomic E-state index is 12.7. The molecular formula is C24H23N5O3S. The van der Waals surface area contributed by atoms with Gasteiger partial charge in [-0.05, 0) is 29.8 Å². The zero-order valence-electron chi connectivity index (χ0n) is 18.3. The van der Waals surface area contributed by atoms with Crippen LogP contribution in [-0.2, 0) is 11.3 Å². The first kappa shape index (κ1) is 22.3. The highest BCUT2D eigenvalue weighted by molar-refractivity contribution is 7.99. The lowest BCUT2D eigenvalue weighted by Gasteiger charge is -2.12. The van der Waals surface area contributed by atoms with E-state index in [2.05, 4.69) is 20.5 Å². The first-order valence-corrected chi connectivity index (χ1v) is 11.2. The molecule has 0 aliphatic heterocycles. The summed E-state index contributed by atoms with van der Waals surface area (Å²) in [5.74, 6) is 1.86. The average Bonchev–Trinajstić information content (AvgIpc) is 3.26. The molecule has 1 N–H and O–H groups in total. The molecule has 0 atom stereocenters. The minimum Gasteiger partial charge on any atom is -0.497 e. The number of pyridine rings is 1. The number of thioether (sulfide) groups is 1. The van der Waals surface area contributed by atoms with Crippen molar-refractivity contribution in [2.75, 3.05) is 25.3 Å². The molecule has 2 heterocycles. The second kappa shape index (κ2) is 10.6. The lowest BCUT2D eigenvalue weighted by molar-refractivity contribution is -0.113. The second-order valence-corrected chi connectivity index (χ2v) is 7.97. The second-order valence-electron chi connectivity index (χ2n) is 7.02. The molecule has 0 unspecified atom stereocenters. The molecule has 0 radical (unpaired) electrons. The van der Waals surface area contributed by atoms with Gasteiger partial charge in [-0.1, -0.05) is 42.1 Å². The van der Waals surface area contributed by atoms with Crippen molar-refractivity contribution < 1.29 is 14.3 Å². The summed E-state index contributed by atoms with van der Waals surface area (Å²) in [6.45, 7) is 0.578. The van der Waals surface area contributed by atoms with Crippen LogP contribution >= 0.6 is 11.8 Å². The predicted octanol–water partition coefficient (Wildman–Crippen LogP) is 4.14. The van der Waals surface area contributed by atoms with Crippen molar-refractivity contribution in [3.8, 4) is 22.9 Å². The van der Waals surface area contributed by atoms with Crippen LogP contribution in [0.25, 0.3) is 11.4 Å². The van der Waals surface area contributed by atoms with Crippen LogP contribution in [-0.4, -0.2) is 45.6 Å². The number of hydrogen-bond acceptors (Lipinski definition) is 7. The van der Waals surface area contributed by atoms with Crippen LogP contribution in [0.2, 0.25) is 0 Å². The van der Waals surface area contributed by atoms with E-state index in [4.69, 9.17) is 9.47 Å². The fraction of sp³-hybridized carbons (Fsp3) is 0.167. The number of methoxy groups -OCH3 is 2. The molecule has 9 heteroatoms. The maximum Gasteiger partial charge on any atom is 0.234 e. The third-order valence-electron chi connectivity index (χ3n) is 4.84. The van der Waals surface area contributed by atoms with Gasteiger partial charge in [0.25, 0.3) is 0 Å². The van der Waals surface area contributed by atoms with E-state index in [1.54, 1.807) is 44.8 Å². The Morgan fingerprint density at radius 3 is 2.61 bits per heavy atom. The zero-order chi connectivity index (χ0) is 23.0. The van der Waals surface area contributed by atoms with Crippen molar-refractivity contribution in [3.63, 3.8) is 0 Å². The highest BCUT2D eigenvalue weighted by atomic mass is 32.2. The van der Waals surface area contributed by atoms with E-state index < -0.39 is 0 Å². The van der Waals surface area contributed by atoms with Gasteiger partial charge >= 0.3 is 0 Å². The normalized spacial score (nSPS) is 10.6. The van der Waals surface area contributed by atoms with E-state index in [9.17, 15) is 4.79 Å². The molecule has 4 rings (SSSR count). The summed E-state index contributed by atoms with van der Waals surface area (Å²) in [5, 5.41) is 12.3. The van der Waals surface area contributed by atoms with Gasteiger partial charge in [0.05, 0.1) is 32.2 Å². The third-order valence-corrected chi connectivity index (χ3v) is 5.80. The largest absolute Gasteiger partial charge is 0.497 e. The Morgan fingerprint density at radius 1 is 1.03 bits per heavy atom. The van der Waals surface area contributed by atoms with Gasteiger partial charge in [0.2, 0.25) is 5.91 Å². The van der Waals surface area contributed by atoms with Crippen LogP contribution in [0, 0.1) is 0 Å². The SMILES string of the molecule is COc1ccc(NC(=O)CSc2nnc(-c3cccnc3)n2Cc2ccccc2)c(OC)c1. The fourth-order valence-corrected chi connectivity index (χ4v) is 3.97. The lowest BCUT2D eigenvalue weighted by Crippen LogP contribution is -2.15. The molecule has 0 spiro atoms. The van der Waals surface area contributed by atoms with Crippen molar-refractivity contribution in [1.82, 2.24) is 19.7 Å². The number of anilines is 1. The van der Waals surface area contributed by atoms with Gasteiger partial charge in [0, 0.05) is 24.0 Å². The number of ether oxygens (including phenoxy) is 2. The summed E-state index contributed by atoms with van der Waals surface area (Å²) < 4.78 is 12.6. The van der Waals surface area contributed by atoms with Crippen molar-refractivity contribution in [2.24, 2.45) is 0 Å². The Morgan fingerprint density at radius 2 is 1.88 bits per heavy atom. The summed E-state index contributed by atoms with van der Waals surface area (Å²) in [4.78, 5) is 16.9. The molecule has 0 fully saturated rings. The van der Waals surface area contributed by atoms with E-state index in [-0.39, 0.29) is 11.7 Å². The number of hydrogen-bond donors (Lipinski definition) is 1. The first-order valence-electron chi connectivity index (χ1n) is 10.2. The van der Waals surface area contributed by atoms with E-state index in [1.807, 2.05) is 47.0 Å². The number of nitrogens with zero attached hydrogens (tertiary/aromatic N) is 4. The van der Waals surface area contributed by atoms with Crippen molar-refractivity contribution >= 4 is 23.4 Å². The van der Waals surface area contributed by atoms with Crippen LogP contribution < -0.4 is 14.8 Å². The van der Waals surface area contributed by atoms with E-state index >= 15 is 0 Å². The molecule has 4 aromatic rings. The monoisotopic (exact) mass is 461 g/mol. The van der Waals surface area contributed by atoms with Gasteiger partial charge in [-0.3, -0.25) is 14.3 Å². The fourth-order valence-electron chi connectivity index (χ4n) is 3.23. The maximum absolute atomic E-state index is 12.7. The van der Waals surface area contributed by atoms with Gasteiger partial charge in [0.1, 0.15) is 11.5 Å². The van der Waals surface area contributed by atoms with Crippen molar-refractivity contribution in [3.05, 3.63) is 78.6 Å². The molecule has 0 saturated heterocycles. The summed E-state index contributed by atoms with van der Waals surface area (Å²) in [6.07, 6.45) is 3.47. The third kappa shape index (κ3) is 5.50. The molecular weight excluding hydrogens is 438 g/mol.